The summed E-state index contributed by atoms with van der Waals surface area (Å²) < 4.78 is 33.9. The number of esters is 1. The van der Waals surface area contributed by atoms with Crippen molar-refractivity contribution in [2.45, 2.75) is 37.6 Å². The first-order chi connectivity index (χ1) is 13.7. The predicted octanol–water partition coefficient (Wildman–Crippen LogP) is 1.70. The molecule has 0 radical (unpaired) electrons. The van der Waals surface area contributed by atoms with Crippen molar-refractivity contribution in [2.24, 2.45) is 7.05 Å². The summed E-state index contributed by atoms with van der Waals surface area (Å²) in [7, 11) is -2.39. The zero-order valence-corrected chi connectivity index (χ0v) is 17.4. The number of pyridine rings is 1. The van der Waals surface area contributed by atoms with Crippen LogP contribution in [0.15, 0.2) is 35.4 Å². The molecular formula is C19H24N4O5S. The van der Waals surface area contributed by atoms with Gasteiger partial charge in [-0.2, -0.15) is 4.31 Å². The van der Waals surface area contributed by atoms with Gasteiger partial charge in [0.1, 0.15) is 22.4 Å². The van der Waals surface area contributed by atoms with Crippen molar-refractivity contribution in [2.75, 3.05) is 18.5 Å². The van der Waals surface area contributed by atoms with Gasteiger partial charge in [-0.3, -0.25) is 4.79 Å². The number of aryl methyl sites for hydroxylation is 2. The van der Waals surface area contributed by atoms with Crippen LogP contribution in [0.1, 0.15) is 35.9 Å². The maximum Gasteiger partial charge on any atom is 0.354 e. The number of carbonyl (C=O) groups excluding carboxylic acids is 2. The fourth-order valence-electron chi connectivity index (χ4n) is 3.33. The third kappa shape index (κ3) is 4.33. The number of aromatic nitrogens is 2. The minimum atomic E-state index is -3.96. The van der Waals surface area contributed by atoms with E-state index in [1.54, 1.807) is 39.1 Å². The number of amides is 1. The second kappa shape index (κ2) is 8.34. The van der Waals surface area contributed by atoms with Crippen LogP contribution in [-0.2, 0) is 26.6 Å². The molecule has 10 heteroatoms. The van der Waals surface area contributed by atoms with Crippen molar-refractivity contribution in [1.29, 1.82) is 0 Å². The van der Waals surface area contributed by atoms with Gasteiger partial charge in [0, 0.05) is 25.5 Å². The molecule has 1 aliphatic rings. The maximum absolute atomic E-state index is 13.2. The minimum absolute atomic E-state index is 0.0450. The van der Waals surface area contributed by atoms with Gasteiger partial charge < -0.3 is 14.6 Å². The van der Waals surface area contributed by atoms with Gasteiger partial charge in [-0.05, 0) is 44.9 Å². The lowest BCUT2D eigenvalue weighted by Gasteiger charge is -2.22. The standard InChI is InChI=1S/C19H24N4O5S/c1-4-28-19(25)16-11-14(12-22(16)3)29(26,27)23-10-6-8-15(23)18(24)21-17-9-5-7-13(2)20-17/h5,7,9,11-12,15H,4,6,8,10H2,1-3H3,(H,20,21,24). The fraction of sp³-hybridized carbons (Fsp3) is 0.421. The van der Waals surface area contributed by atoms with Crippen LogP contribution in [0.4, 0.5) is 5.82 Å². The Balaban J connectivity index is 1.83. The number of anilines is 1. The molecule has 2 aromatic heterocycles. The summed E-state index contributed by atoms with van der Waals surface area (Å²) >= 11 is 0. The first kappa shape index (κ1) is 21.0. The Kier molecular flexibility index (Phi) is 6.04. The molecular weight excluding hydrogens is 396 g/mol. The zero-order chi connectivity index (χ0) is 21.2. The number of nitrogens with one attached hydrogen (secondary N) is 1. The Bertz CT molecular complexity index is 1030. The van der Waals surface area contributed by atoms with Crippen LogP contribution >= 0.6 is 0 Å². The van der Waals surface area contributed by atoms with Crippen LogP contribution in [0.2, 0.25) is 0 Å². The molecule has 2 aromatic rings. The van der Waals surface area contributed by atoms with E-state index in [1.807, 2.05) is 0 Å². The van der Waals surface area contributed by atoms with Crippen molar-refractivity contribution >= 4 is 27.7 Å². The van der Waals surface area contributed by atoms with Gasteiger partial charge in [-0.15, -0.1) is 0 Å². The Labute approximate surface area is 169 Å². The molecule has 0 aliphatic carbocycles. The lowest BCUT2D eigenvalue weighted by Crippen LogP contribution is -2.43. The van der Waals surface area contributed by atoms with Crippen molar-refractivity contribution < 1.29 is 22.7 Å². The molecule has 9 nitrogen and oxygen atoms in total. The number of ether oxygens (including phenoxy) is 1. The van der Waals surface area contributed by atoms with E-state index >= 15 is 0 Å². The second-order valence-electron chi connectivity index (χ2n) is 6.82. The minimum Gasteiger partial charge on any atom is -0.461 e. The molecule has 1 aliphatic heterocycles. The van der Waals surface area contributed by atoms with Crippen molar-refractivity contribution in [3.8, 4) is 0 Å². The van der Waals surface area contributed by atoms with Gasteiger partial charge in [-0.25, -0.2) is 18.2 Å². The number of nitrogens with zero attached hydrogens (tertiary/aromatic N) is 3. The van der Waals surface area contributed by atoms with E-state index < -0.39 is 27.9 Å². The highest BCUT2D eigenvalue weighted by atomic mass is 32.2. The predicted molar refractivity (Wildman–Crippen MR) is 106 cm³/mol. The van der Waals surface area contributed by atoms with Gasteiger partial charge in [0.25, 0.3) is 0 Å². The lowest BCUT2D eigenvalue weighted by molar-refractivity contribution is -0.119. The van der Waals surface area contributed by atoms with Gasteiger partial charge >= 0.3 is 5.97 Å². The van der Waals surface area contributed by atoms with Gasteiger partial charge in [0.15, 0.2) is 0 Å². The molecule has 3 rings (SSSR count). The number of hydrogen-bond acceptors (Lipinski definition) is 6. The number of rotatable bonds is 6. The van der Waals surface area contributed by atoms with E-state index in [9.17, 15) is 18.0 Å². The van der Waals surface area contributed by atoms with Crippen molar-refractivity contribution in [3.63, 3.8) is 0 Å². The summed E-state index contributed by atoms with van der Waals surface area (Å²) in [4.78, 5) is 28.9. The largest absolute Gasteiger partial charge is 0.461 e. The highest BCUT2D eigenvalue weighted by Gasteiger charge is 2.40. The number of carbonyl (C=O) groups is 2. The molecule has 0 bridgehead atoms. The Morgan fingerprint density at radius 2 is 2.10 bits per heavy atom. The van der Waals surface area contributed by atoms with Crippen LogP contribution < -0.4 is 5.32 Å². The summed E-state index contributed by atoms with van der Waals surface area (Å²) in [5, 5.41) is 2.69. The molecule has 1 unspecified atom stereocenters. The number of hydrogen-bond donors (Lipinski definition) is 1. The van der Waals surface area contributed by atoms with Crippen molar-refractivity contribution in [3.05, 3.63) is 41.9 Å². The lowest BCUT2D eigenvalue weighted by atomic mass is 10.2. The normalized spacial score (nSPS) is 17.3. The molecule has 0 saturated carbocycles. The average Bonchev–Trinajstić information content (AvgIpc) is 3.29. The van der Waals surface area contributed by atoms with E-state index in [0.29, 0.717) is 18.7 Å². The SMILES string of the molecule is CCOC(=O)c1cc(S(=O)(=O)N2CCCC2C(=O)Nc2cccc(C)n2)cn1C. The molecule has 1 saturated heterocycles. The third-order valence-corrected chi connectivity index (χ3v) is 6.59. The molecule has 1 fully saturated rings. The fourth-order valence-corrected chi connectivity index (χ4v) is 5.06. The van der Waals surface area contributed by atoms with E-state index in [-0.39, 0.29) is 23.7 Å². The van der Waals surface area contributed by atoms with Crippen LogP contribution in [0, 0.1) is 6.92 Å². The van der Waals surface area contributed by atoms with Gasteiger partial charge in [-0.1, -0.05) is 6.07 Å². The molecule has 1 N–H and O–H groups in total. The van der Waals surface area contributed by atoms with Crippen LogP contribution in [0.25, 0.3) is 0 Å². The van der Waals surface area contributed by atoms with Gasteiger partial charge in [0.05, 0.1) is 6.61 Å². The third-order valence-electron chi connectivity index (χ3n) is 4.72. The van der Waals surface area contributed by atoms with Crippen LogP contribution in [0.5, 0.6) is 0 Å². The Morgan fingerprint density at radius 1 is 1.34 bits per heavy atom. The Morgan fingerprint density at radius 3 is 2.79 bits per heavy atom. The van der Waals surface area contributed by atoms with Crippen molar-refractivity contribution in [1.82, 2.24) is 13.9 Å². The Hall–Kier alpha value is -2.72. The molecule has 3 heterocycles. The molecule has 156 valence electrons. The highest BCUT2D eigenvalue weighted by molar-refractivity contribution is 7.89. The first-order valence-electron chi connectivity index (χ1n) is 9.34. The van der Waals surface area contributed by atoms with E-state index in [1.165, 1.54) is 21.1 Å². The summed E-state index contributed by atoms with van der Waals surface area (Å²) in [6.45, 7) is 3.90. The maximum atomic E-state index is 13.2. The van der Waals surface area contributed by atoms with E-state index in [2.05, 4.69) is 10.3 Å². The molecule has 0 aromatic carbocycles. The summed E-state index contributed by atoms with van der Waals surface area (Å²) in [5.74, 6) is -0.646. The van der Waals surface area contributed by atoms with Gasteiger partial charge in [0.2, 0.25) is 15.9 Å². The van der Waals surface area contributed by atoms with Crippen LogP contribution in [-0.4, -0.2) is 53.3 Å². The van der Waals surface area contributed by atoms with E-state index in [4.69, 9.17) is 4.74 Å². The molecule has 1 amide bonds. The average molecular weight is 420 g/mol. The number of sulfonamides is 1. The van der Waals surface area contributed by atoms with E-state index in [0.717, 1.165) is 5.69 Å². The smallest absolute Gasteiger partial charge is 0.354 e. The summed E-state index contributed by atoms with van der Waals surface area (Å²) in [6.07, 6.45) is 2.33. The topological polar surface area (TPSA) is 111 Å². The molecule has 29 heavy (non-hydrogen) atoms. The second-order valence-corrected chi connectivity index (χ2v) is 8.71. The van der Waals surface area contributed by atoms with Crippen LogP contribution in [0.3, 0.4) is 0 Å². The molecule has 1 atom stereocenters. The summed E-state index contributed by atoms with van der Waals surface area (Å²) in [5.41, 5.74) is 0.879. The quantitative estimate of drug-likeness (QED) is 0.712. The highest BCUT2D eigenvalue weighted by Crippen LogP contribution is 2.28. The molecule has 0 spiro atoms. The monoisotopic (exact) mass is 420 g/mol. The first-order valence-corrected chi connectivity index (χ1v) is 10.8. The zero-order valence-electron chi connectivity index (χ0n) is 16.6. The summed E-state index contributed by atoms with van der Waals surface area (Å²) in [6, 6.07) is 5.67.